The molecule has 1 saturated heterocycles. The van der Waals surface area contributed by atoms with Crippen LogP contribution in [0.25, 0.3) is 11.3 Å². The molecular weight excluding hydrogens is 388 g/mol. The number of hydrogen-bond donors (Lipinski definition) is 1. The summed E-state index contributed by atoms with van der Waals surface area (Å²) in [4.78, 5) is 6.59. The molecule has 4 nitrogen and oxygen atoms in total. The second-order valence-corrected chi connectivity index (χ2v) is 6.50. The van der Waals surface area contributed by atoms with Gasteiger partial charge in [0.05, 0.1) is 12.7 Å². The Morgan fingerprint density at radius 2 is 1.85 bits per heavy atom. The van der Waals surface area contributed by atoms with Crippen LogP contribution in [0.1, 0.15) is 17.4 Å². The maximum Gasteiger partial charge on any atom is 0.209 e. The monoisotopic (exact) mass is 409 g/mol. The van der Waals surface area contributed by atoms with Crippen LogP contribution in [0, 0.1) is 5.82 Å². The molecule has 0 unspecified atom stereocenters. The minimum atomic E-state index is -0.285. The molecule has 3 aromatic rings. The normalized spacial score (nSPS) is 19.3. The molecule has 2 atom stereocenters. The summed E-state index contributed by atoms with van der Waals surface area (Å²) >= 11 is 0. The largest absolute Gasteiger partial charge is 0.439 e. The van der Waals surface area contributed by atoms with Crippen molar-refractivity contribution in [2.24, 2.45) is 5.73 Å². The number of hydrogen-bond acceptors (Lipinski definition) is 4. The summed E-state index contributed by atoms with van der Waals surface area (Å²) in [6, 6.07) is 16.8. The minimum absolute atomic E-state index is 0. The fraction of sp³-hybridized carbons (Fsp3) is 0.250. The zero-order valence-electron chi connectivity index (χ0n) is 14.6. The van der Waals surface area contributed by atoms with Crippen molar-refractivity contribution in [2.45, 2.75) is 18.5 Å². The summed E-state index contributed by atoms with van der Waals surface area (Å²) in [5.74, 6) is 1.24. The summed E-state index contributed by atoms with van der Waals surface area (Å²) in [6.45, 7) is 2.28. The molecule has 0 radical (unpaired) electrons. The van der Waals surface area contributed by atoms with E-state index >= 15 is 0 Å². The van der Waals surface area contributed by atoms with Gasteiger partial charge in [-0.1, -0.05) is 42.5 Å². The van der Waals surface area contributed by atoms with Gasteiger partial charge in [-0.2, -0.15) is 0 Å². The summed E-state index contributed by atoms with van der Waals surface area (Å²) in [7, 11) is 0. The molecule has 1 fully saturated rings. The van der Waals surface area contributed by atoms with Crippen molar-refractivity contribution in [1.82, 2.24) is 9.88 Å². The number of likely N-dealkylation sites (tertiary alicyclic amines) is 1. The molecule has 4 rings (SSSR count). The van der Waals surface area contributed by atoms with Crippen LogP contribution in [0.15, 0.2) is 65.2 Å². The van der Waals surface area contributed by atoms with Gasteiger partial charge in [-0.15, -0.1) is 24.8 Å². The van der Waals surface area contributed by atoms with Crippen molar-refractivity contribution in [2.75, 3.05) is 13.1 Å². The molecule has 2 N–H and O–H groups in total. The van der Waals surface area contributed by atoms with E-state index in [1.807, 2.05) is 24.3 Å². The maximum atomic E-state index is 13.4. The molecule has 7 heteroatoms. The Labute approximate surface area is 170 Å². The first-order valence-corrected chi connectivity index (χ1v) is 8.42. The van der Waals surface area contributed by atoms with Gasteiger partial charge in [0.25, 0.3) is 0 Å². The van der Waals surface area contributed by atoms with Crippen LogP contribution >= 0.6 is 24.8 Å². The van der Waals surface area contributed by atoms with Crippen LogP contribution in [0.3, 0.4) is 0 Å². The fourth-order valence-corrected chi connectivity index (χ4v) is 3.45. The Hall–Kier alpha value is -1.92. The molecule has 1 aliphatic heterocycles. The zero-order chi connectivity index (χ0) is 17.2. The number of rotatable bonds is 4. The van der Waals surface area contributed by atoms with E-state index in [0.717, 1.165) is 13.1 Å². The van der Waals surface area contributed by atoms with Crippen LogP contribution in [0.2, 0.25) is 0 Å². The lowest BCUT2D eigenvalue weighted by atomic mass is 9.95. The highest BCUT2D eigenvalue weighted by molar-refractivity contribution is 5.85. The molecule has 0 amide bonds. The summed E-state index contributed by atoms with van der Waals surface area (Å²) in [6.07, 6.45) is 1.65. The van der Waals surface area contributed by atoms with Crippen molar-refractivity contribution < 1.29 is 8.81 Å². The molecule has 2 aromatic carbocycles. The van der Waals surface area contributed by atoms with Gasteiger partial charge in [-0.05, 0) is 17.7 Å². The van der Waals surface area contributed by atoms with E-state index in [1.54, 1.807) is 12.3 Å². The Morgan fingerprint density at radius 1 is 1.07 bits per heavy atom. The lowest BCUT2D eigenvalue weighted by Crippen LogP contribution is -2.28. The lowest BCUT2D eigenvalue weighted by Gasteiger charge is -2.14. The van der Waals surface area contributed by atoms with Crippen LogP contribution in [-0.4, -0.2) is 29.0 Å². The molecule has 1 aliphatic rings. The fourth-order valence-electron chi connectivity index (χ4n) is 3.45. The van der Waals surface area contributed by atoms with E-state index in [-0.39, 0.29) is 36.7 Å². The van der Waals surface area contributed by atoms with Gasteiger partial charge in [-0.25, -0.2) is 9.37 Å². The van der Waals surface area contributed by atoms with E-state index in [2.05, 4.69) is 22.0 Å². The predicted octanol–water partition coefficient (Wildman–Crippen LogP) is 4.25. The van der Waals surface area contributed by atoms with Crippen molar-refractivity contribution >= 4 is 24.8 Å². The lowest BCUT2D eigenvalue weighted by molar-refractivity contribution is 0.286. The van der Waals surface area contributed by atoms with Crippen LogP contribution in [0.5, 0.6) is 0 Å². The number of nitrogens with zero attached hydrogens (tertiary/aromatic N) is 2. The maximum absolute atomic E-state index is 13.4. The molecule has 0 spiro atoms. The SMILES string of the molecule is Cl.Cl.N[C@@H]1CN(Cc2ncc(-c3cccc(F)c3)o2)C[C@H]1c1ccccc1. The predicted molar refractivity (Wildman–Crippen MR) is 109 cm³/mol. The summed E-state index contributed by atoms with van der Waals surface area (Å²) in [5.41, 5.74) is 8.30. The first-order valence-electron chi connectivity index (χ1n) is 8.42. The molecular formula is C20H22Cl2FN3O. The zero-order valence-corrected chi connectivity index (χ0v) is 16.3. The van der Waals surface area contributed by atoms with Crippen LogP contribution in [-0.2, 0) is 6.54 Å². The number of oxazole rings is 1. The highest BCUT2D eigenvalue weighted by Gasteiger charge is 2.31. The summed E-state index contributed by atoms with van der Waals surface area (Å²) in [5, 5.41) is 0. The third-order valence-electron chi connectivity index (χ3n) is 4.69. The van der Waals surface area contributed by atoms with Gasteiger partial charge in [0, 0.05) is 30.6 Å². The molecule has 1 aromatic heterocycles. The van der Waals surface area contributed by atoms with Gasteiger partial charge in [0.15, 0.2) is 5.76 Å². The smallest absolute Gasteiger partial charge is 0.209 e. The number of aromatic nitrogens is 1. The van der Waals surface area contributed by atoms with Gasteiger partial charge >= 0.3 is 0 Å². The molecule has 0 aliphatic carbocycles. The third-order valence-corrected chi connectivity index (χ3v) is 4.69. The minimum Gasteiger partial charge on any atom is -0.439 e. The van der Waals surface area contributed by atoms with Crippen molar-refractivity contribution in [3.8, 4) is 11.3 Å². The van der Waals surface area contributed by atoms with Crippen molar-refractivity contribution in [3.63, 3.8) is 0 Å². The Balaban J connectivity index is 0.00000131. The van der Waals surface area contributed by atoms with Crippen LogP contribution in [0.4, 0.5) is 4.39 Å². The quantitative estimate of drug-likeness (QED) is 0.699. The van der Waals surface area contributed by atoms with E-state index in [4.69, 9.17) is 10.2 Å². The van der Waals surface area contributed by atoms with Gasteiger partial charge in [0.1, 0.15) is 5.82 Å². The Bertz CT molecular complexity index is 859. The van der Waals surface area contributed by atoms with E-state index in [9.17, 15) is 4.39 Å². The third kappa shape index (κ3) is 4.87. The molecule has 0 saturated carbocycles. The number of nitrogens with two attached hydrogens (primary N) is 1. The van der Waals surface area contributed by atoms with Gasteiger partial charge in [0.2, 0.25) is 5.89 Å². The van der Waals surface area contributed by atoms with Gasteiger partial charge < -0.3 is 10.2 Å². The Morgan fingerprint density at radius 3 is 2.59 bits per heavy atom. The van der Waals surface area contributed by atoms with Crippen molar-refractivity contribution in [1.29, 1.82) is 0 Å². The summed E-state index contributed by atoms with van der Waals surface area (Å²) < 4.78 is 19.2. The number of benzene rings is 2. The molecule has 0 bridgehead atoms. The molecule has 2 heterocycles. The second kappa shape index (κ2) is 9.33. The first-order chi connectivity index (χ1) is 12.2. The highest BCUT2D eigenvalue weighted by Crippen LogP contribution is 2.28. The average molecular weight is 410 g/mol. The molecule has 27 heavy (non-hydrogen) atoms. The van der Waals surface area contributed by atoms with Crippen LogP contribution < -0.4 is 5.73 Å². The molecule has 144 valence electrons. The van der Waals surface area contributed by atoms with Gasteiger partial charge in [-0.3, -0.25) is 4.90 Å². The van der Waals surface area contributed by atoms with E-state index < -0.39 is 0 Å². The second-order valence-electron chi connectivity index (χ2n) is 6.50. The van der Waals surface area contributed by atoms with E-state index in [0.29, 0.717) is 29.7 Å². The number of halogens is 3. The van der Waals surface area contributed by atoms with Crippen molar-refractivity contribution in [3.05, 3.63) is 78.1 Å². The first kappa shape index (κ1) is 21.4. The average Bonchev–Trinajstić information content (AvgIpc) is 3.23. The topological polar surface area (TPSA) is 55.3 Å². The van der Waals surface area contributed by atoms with E-state index in [1.165, 1.54) is 17.7 Å². The Kier molecular flexibility index (Phi) is 7.39. The highest BCUT2D eigenvalue weighted by atomic mass is 35.5. The standard InChI is InChI=1S/C20H20FN3O.2ClH/c21-16-8-4-7-15(9-16)19-10-23-20(25-19)13-24-11-17(18(22)12-24)14-5-2-1-3-6-14;;/h1-10,17-18H,11-13,22H2;2*1H/t17-,18+;;/m0../s1.